The highest BCUT2D eigenvalue weighted by molar-refractivity contribution is 7.80. The Morgan fingerprint density at radius 3 is 2.34 bits per heavy atom. The Kier molecular flexibility index (Phi) is 7.04. The Labute approximate surface area is 181 Å². The second-order valence-electron chi connectivity index (χ2n) is 6.77. The molecule has 0 radical (unpaired) electrons. The van der Waals surface area contributed by atoms with Gasteiger partial charge in [0.1, 0.15) is 5.00 Å². The van der Waals surface area contributed by atoms with Crippen LogP contribution in [0.2, 0.25) is 0 Å². The number of hydrogen-bond donors (Lipinski definition) is 4. The van der Waals surface area contributed by atoms with Gasteiger partial charge in [0.25, 0.3) is 0 Å². The highest BCUT2D eigenvalue weighted by atomic mass is 35.5. The van der Waals surface area contributed by atoms with Gasteiger partial charge in [-0.05, 0) is 54.2 Å². The Morgan fingerprint density at radius 1 is 1.03 bits per heavy atom. The van der Waals surface area contributed by atoms with E-state index in [2.05, 4.69) is 33.4 Å². The number of benzene rings is 2. The third-order valence-electron chi connectivity index (χ3n) is 4.27. The molecule has 0 fully saturated rings. The quantitative estimate of drug-likeness (QED) is 0.311. The number of alkyl halides is 1. The van der Waals surface area contributed by atoms with Gasteiger partial charge in [-0.2, -0.15) is 0 Å². The summed E-state index contributed by atoms with van der Waals surface area (Å²) in [5.41, 5.74) is 3.64. The number of anilines is 2. The van der Waals surface area contributed by atoms with Gasteiger partial charge in [0, 0.05) is 37.0 Å². The van der Waals surface area contributed by atoms with Crippen molar-refractivity contribution in [2.45, 2.75) is 24.9 Å². The molecule has 4 N–H and O–H groups in total. The zero-order valence-electron chi connectivity index (χ0n) is 16.0. The fourth-order valence-electron chi connectivity index (χ4n) is 2.91. The van der Waals surface area contributed by atoms with E-state index in [0.29, 0.717) is 18.1 Å². The zero-order chi connectivity index (χ0) is 20.7. The van der Waals surface area contributed by atoms with E-state index in [1.54, 1.807) is 0 Å². The topological polar surface area (TPSA) is 65.2 Å². The molecule has 1 amide bonds. The van der Waals surface area contributed by atoms with E-state index in [1.165, 1.54) is 12.5 Å². The number of allylic oxidation sites excluding steroid dienone is 2. The van der Waals surface area contributed by atoms with Crippen LogP contribution in [0.15, 0.2) is 78.5 Å². The smallest absolute Gasteiger partial charge is 0.221 e. The number of halogens is 1. The number of hydrogen-bond acceptors (Lipinski definition) is 3. The Balaban J connectivity index is 1.52. The van der Waals surface area contributed by atoms with Gasteiger partial charge in [0.15, 0.2) is 5.11 Å². The summed E-state index contributed by atoms with van der Waals surface area (Å²) in [4.78, 5) is 10.4. The van der Waals surface area contributed by atoms with Crippen LogP contribution in [0.4, 0.5) is 11.4 Å². The number of thiocarbonyl (C=S) groups is 1. The van der Waals surface area contributed by atoms with Crippen LogP contribution in [0.1, 0.15) is 18.9 Å². The van der Waals surface area contributed by atoms with Crippen molar-refractivity contribution >= 4 is 46.2 Å². The highest BCUT2D eigenvalue weighted by Crippen LogP contribution is 2.26. The highest BCUT2D eigenvalue weighted by Gasteiger charge is 2.27. The maximum atomic E-state index is 11.1. The van der Waals surface area contributed by atoms with Crippen molar-refractivity contribution in [2.75, 3.05) is 10.6 Å². The normalized spacial score (nSPS) is 17.9. The number of carbonyl (C=O) groups excluding carboxylic acids is 1. The van der Waals surface area contributed by atoms with Crippen molar-refractivity contribution < 1.29 is 4.79 Å². The van der Waals surface area contributed by atoms with Gasteiger partial charge in [-0.15, -0.1) is 0 Å². The van der Waals surface area contributed by atoms with E-state index in [9.17, 15) is 4.79 Å². The molecule has 29 heavy (non-hydrogen) atoms. The van der Waals surface area contributed by atoms with Crippen molar-refractivity contribution in [3.8, 4) is 0 Å². The molecule has 1 aliphatic rings. The van der Waals surface area contributed by atoms with E-state index in [1.807, 2.05) is 60.7 Å². The van der Waals surface area contributed by atoms with Crippen LogP contribution in [0, 0.1) is 0 Å². The van der Waals surface area contributed by atoms with Crippen LogP contribution >= 0.6 is 23.8 Å². The first kappa shape index (κ1) is 21.0. The zero-order valence-corrected chi connectivity index (χ0v) is 17.6. The summed E-state index contributed by atoms with van der Waals surface area (Å²) in [5.74, 6) is -0.106. The van der Waals surface area contributed by atoms with Crippen LogP contribution < -0.4 is 21.3 Å². The fourth-order valence-corrected chi connectivity index (χ4v) is 3.44. The van der Waals surface area contributed by atoms with Crippen LogP contribution in [0.3, 0.4) is 0 Å². The molecule has 0 bridgehead atoms. The van der Waals surface area contributed by atoms with E-state index in [-0.39, 0.29) is 5.91 Å². The van der Waals surface area contributed by atoms with Gasteiger partial charge in [-0.3, -0.25) is 10.1 Å². The van der Waals surface area contributed by atoms with Crippen LogP contribution in [0.25, 0.3) is 0 Å². The maximum absolute atomic E-state index is 11.1. The van der Waals surface area contributed by atoms with Gasteiger partial charge in [0.2, 0.25) is 5.91 Å². The molecule has 0 aliphatic heterocycles. The lowest BCUT2D eigenvalue weighted by atomic mass is 10.0. The molecule has 1 aliphatic carbocycles. The first-order chi connectivity index (χ1) is 13.9. The first-order valence-corrected chi connectivity index (χ1v) is 10.0. The number of amides is 1. The molecule has 0 saturated carbocycles. The lowest BCUT2D eigenvalue weighted by Crippen LogP contribution is -2.41. The summed E-state index contributed by atoms with van der Waals surface area (Å²) < 4.78 is 0. The van der Waals surface area contributed by atoms with E-state index < -0.39 is 5.00 Å². The lowest BCUT2D eigenvalue weighted by molar-refractivity contribution is -0.114. The van der Waals surface area contributed by atoms with Crippen molar-refractivity contribution in [2.24, 2.45) is 0 Å². The average Bonchev–Trinajstić information content (AvgIpc) is 2.68. The summed E-state index contributed by atoms with van der Waals surface area (Å²) in [6, 6.07) is 17.5. The van der Waals surface area contributed by atoms with Crippen molar-refractivity contribution in [3.05, 3.63) is 84.1 Å². The third kappa shape index (κ3) is 6.71. The fraction of sp³-hybridized carbons (Fsp3) is 0.182. The molecule has 0 spiro atoms. The molecule has 7 heteroatoms. The molecular formula is C22H23ClN4OS. The third-order valence-corrected chi connectivity index (χ3v) is 4.87. The summed E-state index contributed by atoms with van der Waals surface area (Å²) >= 11 is 12.2. The molecule has 0 heterocycles. The minimum atomic E-state index is -0.678. The standard InChI is InChI=1S/C22H23ClN4OS/c1-16(28)25-18-9-11-19(12-10-18)26-21(29)27-20-8-5-13-22(23,14-20)24-15-17-6-3-2-4-7-17/h2-13,24H,14-15H2,1H3,(H,25,28)(H2,26,27,29). The van der Waals surface area contributed by atoms with Gasteiger partial charge < -0.3 is 16.0 Å². The number of rotatable bonds is 6. The van der Waals surface area contributed by atoms with Crippen molar-refractivity contribution in [1.82, 2.24) is 10.6 Å². The first-order valence-electron chi connectivity index (χ1n) is 9.24. The minimum Gasteiger partial charge on any atom is -0.336 e. The molecule has 150 valence electrons. The van der Waals surface area contributed by atoms with Gasteiger partial charge in [-0.1, -0.05) is 48.0 Å². The Bertz CT molecular complexity index is 928. The summed E-state index contributed by atoms with van der Waals surface area (Å²) in [6.45, 7) is 2.15. The second-order valence-corrected chi connectivity index (χ2v) is 7.85. The second kappa shape index (κ2) is 9.69. The minimum absolute atomic E-state index is 0.106. The van der Waals surface area contributed by atoms with E-state index >= 15 is 0 Å². The van der Waals surface area contributed by atoms with Gasteiger partial charge in [0.05, 0.1) is 0 Å². The van der Waals surface area contributed by atoms with E-state index in [4.69, 9.17) is 23.8 Å². The SMILES string of the molecule is CC(=O)Nc1ccc(NC(=S)NC2=CC=CC(Cl)(NCc3ccccc3)C2)cc1. The molecule has 2 aromatic rings. The van der Waals surface area contributed by atoms with Crippen molar-refractivity contribution in [3.63, 3.8) is 0 Å². The lowest BCUT2D eigenvalue weighted by Gasteiger charge is -2.29. The summed E-state index contributed by atoms with van der Waals surface area (Å²) in [6.07, 6.45) is 6.39. The monoisotopic (exact) mass is 426 g/mol. The molecule has 0 saturated heterocycles. The number of nitrogens with one attached hydrogen (secondary N) is 4. The molecule has 1 atom stereocenters. The van der Waals surface area contributed by atoms with Crippen molar-refractivity contribution in [1.29, 1.82) is 0 Å². The largest absolute Gasteiger partial charge is 0.336 e. The Morgan fingerprint density at radius 2 is 1.69 bits per heavy atom. The molecule has 3 rings (SSSR count). The molecule has 1 unspecified atom stereocenters. The summed E-state index contributed by atoms with van der Waals surface area (Å²) in [7, 11) is 0. The predicted molar refractivity (Wildman–Crippen MR) is 124 cm³/mol. The molecule has 0 aromatic heterocycles. The number of carbonyl (C=O) groups is 1. The van der Waals surface area contributed by atoms with E-state index in [0.717, 1.165) is 17.1 Å². The average molecular weight is 427 g/mol. The van der Waals surface area contributed by atoms with Crippen LogP contribution in [-0.2, 0) is 11.3 Å². The Hall–Kier alpha value is -2.67. The van der Waals surface area contributed by atoms with Crippen LogP contribution in [0.5, 0.6) is 0 Å². The summed E-state index contributed by atoms with van der Waals surface area (Å²) in [5, 5.41) is 12.9. The predicted octanol–water partition coefficient (Wildman–Crippen LogP) is 4.50. The molecule has 2 aromatic carbocycles. The van der Waals surface area contributed by atoms with Gasteiger partial charge >= 0.3 is 0 Å². The molecule has 5 nitrogen and oxygen atoms in total. The molecular weight excluding hydrogens is 404 g/mol. The van der Waals surface area contributed by atoms with Gasteiger partial charge in [-0.25, -0.2) is 0 Å². The maximum Gasteiger partial charge on any atom is 0.221 e. The van der Waals surface area contributed by atoms with Crippen LogP contribution in [-0.4, -0.2) is 16.0 Å².